The molecule has 1 fully saturated rings. The number of carbonyl (C=O) groups excluding carboxylic acids is 2. The molecule has 0 spiro atoms. The predicted octanol–water partition coefficient (Wildman–Crippen LogP) is 2.49. The first-order valence-electron chi connectivity index (χ1n) is 10.1. The molecule has 1 aliphatic heterocycles. The second kappa shape index (κ2) is 9.21. The fourth-order valence-electron chi connectivity index (χ4n) is 3.38. The first-order valence-corrected chi connectivity index (χ1v) is 10.1. The number of nitrogens with two attached hydrogens (primary N) is 1. The average molecular weight is 453 g/mol. The van der Waals surface area contributed by atoms with Crippen LogP contribution in [0.3, 0.4) is 0 Å². The molecule has 1 aromatic heterocycles. The monoisotopic (exact) mass is 453 g/mol. The van der Waals surface area contributed by atoms with Gasteiger partial charge in [0, 0.05) is 12.6 Å². The quantitative estimate of drug-likeness (QED) is 0.565. The van der Waals surface area contributed by atoms with Crippen molar-refractivity contribution in [1.29, 1.82) is 0 Å². The molecule has 0 bridgehead atoms. The van der Waals surface area contributed by atoms with E-state index in [1.807, 2.05) is 0 Å². The van der Waals surface area contributed by atoms with Crippen molar-refractivity contribution in [2.45, 2.75) is 24.6 Å². The molecule has 10 heteroatoms. The molecule has 9 nitrogen and oxygen atoms in total. The fraction of sp³-hybridized carbons (Fsp3) is 0.217. The molecule has 2 N–H and O–H groups in total. The van der Waals surface area contributed by atoms with E-state index in [0.29, 0.717) is 0 Å². The number of hydrogen-bond donors (Lipinski definition) is 1. The van der Waals surface area contributed by atoms with Gasteiger partial charge in [0.05, 0.1) is 11.1 Å². The molecule has 0 saturated carbocycles. The number of halogens is 1. The zero-order chi connectivity index (χ0) is 23.4. The molecule has 3 atom stereocenters. The van der Waals surface area contributed by atoms with Crippen LogP contribution in [0.5, 0.6) is 0 Å². The van der Waals surface area contributed by atoms with Crippen LogP contribution >= 0.6 is 0 Å². The Balaban J connectivity index is 1.56. The molecule has 0 amide bonds. The topological polar surface area (TPSA) is 123 Å². The Morgan fingerprint density at radius 3 is 2.27 bits per heavy atom. The average Bonchev–Trinajstić information content (AvgIpc) is 3.14. The zero-order valence-corrected chi connectivity index (χ0v) is 17.3. The highest BCUT2D eigenvalue weighted by atomic mass is 19.2. The van der Waals surface area contributed by atoms with Gasteiger partial charge < -0.3 is 19.9 Å². The molecule has 4 rings (SSSR count). The summed E-state index contributed by atoms with van der Waals surface area (Å²) in [7, 11) is 0. The third kappa shape index (κ3) is 4.90. The number of anilines is 1. The van der Waals surface area contributed by atoms with Gasteiger partial charge in [-0.2, -0.15) is 4.98 Å². The normalized spacial score (nSPS) is 22.0. The second-order valence-electron chi connectivity index (χ2n) is 7.34. The molecule has 3 aromatic rings. The Morgan fingerprint density at radius 2 is 1.67 bits per heavy atom. The number of nitrogen functional groups attached to an aromatic ring is 1. The number of aromatic nitrogens is 2. The minimum absolute atomic E-state index is 0.00962. The molecule has 0 radical (unpaired) electrons. The fourth-order valence-corrected chi connectivity index (χ4v) is 3.38. The van der Waals surface area contributed by atoms with Crippen molar-refractivity contribution in [3.8, 4) is 0 Å². The van der Waals surface area contributed by atoms with Gasteiger partial charge in [-0.1, -0.05) is 36.4 Å². The van der Waals surface area contributed by atoms with E-state index < -0.39 is 42.4 Å². The Labute approximate surface area is 187 Å². The van der Waals surface area contributed by atoms with Crippen LogP contribution in [-0.4, -0.2) is 40.1 Å². The van der Waals surface area contributed by atoms with Gasteiger partial charge in [0.1, 0.15) is 12.0 Å². The lowest BCUT2D eigenvalue weighted by Gasteiger charge is -2.25. The van der Waals surface area contributed by atoms with Crippen LogP contribution in [0.15, 0.2) is 77.7 Å². The minimum atomic E-state index is -2.71. The van der Waals surface area contributed by atoms with Crippen LogP contribution in [-0.2, 0) is 14.2 Å². The Bertz CT molecular complexity index is 1200. The van der Waals surface area contributed by atoms with E-state index in [2.05, 4.69) is 4.98 Å². The summed E-state index contributed by atoms with van der Waals surface area (Å²) >= 11 is 0. The summed E-state index contributed by atoms with van der Waals surface area (Å²) in [4.78, 5) is 40.7. The van der Waals surface area contributed by atoms with Gasteiger partial charge >= 0.3 is 17.6 Å². The number of hydrogen-bond acceptors (Lipinski definition) is 8. The Morgan fingerprint density at radius 1 is 1.06 bits per heavy atom. The summed E-state index contributed by atoms with van der Waals surface area (Å²) in [6, 6.07) is 17.4. The van der Waals surface area contributed by atoms with Gasteiger partial charge in [0.2, 0.25) is 0 Å². The van der Waals surface area contributed by atoms with Crippen molar-refractivity contribution in [3.63, 3.8) is 0 Å². The van der Waals surface area contributed by atoms with E-state index >= 15 is 4.39 Å². The van der Waals surface area contributed by atoms with Gasteiger partial charge in [-0.15, -0.1) is 0 Å². The Kier molecular flexibility index (Phi) is 6.18. The standard InChI is InChI=1S/C23H20FN3O6/c24-23(14-31-20(28)15-7-3-1-4-8-15)17(32-21(29)16-9-5-2-6-10-16)13-19(33-23)27-12-11-18(25)26-22(27)30/h1-12,17,19H,13-14H2,(H2,25,26,30)/t17-,19+,23+/m0/s1. The molecule has 2 aromatic carbocycles. The summed E-state index contributed by atoms with van der Waals surface area (Å²) in [5.74, 6) is -4.28. The first kappa shape index (κ1) is 22.2. The second-order valence-corrected chi connectivity index (χ2v) is 7.34. The maximum atomic E-state index is 15.9. The summed E-state index contributed by atoms with van der Waals surface area (Å²) in [5, 5.41) is 0. The third-order valence-corrected chi connectivity index (χ3v) is 5.06. The lowest BCUT2D eigenvalue weighted by atomic mass is 10.1. The highest BCUT2D eigenvalue weighted by Gasteiger charge is 2.54. The van der Waals surface area contributed by atoms with Crippen LogP contribution < -0.4 is 11.4 Å². The maximum absolute atomic E-state index is 15.9. The van der Waals surface area contributed by atoms with Crippen LogP contribution in [0.4, 0.5) is 10.2 Å². The van der Waals surface area contributed by atoms with Crippen LogP contribution in [0.25, 0.3) is 0 Å². The summed E-state index contributed by atoms with van der Waals surface area (Å²) in [5.41, 5.74) is 5.16. The zero-order valence-electron chi connectivity index (χ0n) is 17.3. The van der Waals surface area contributed by atoms with Gasteiger partial charge in [0.15, 0.2) is 12.7 Å². The van der Waals surface area contributed by atoms with Crippen molar-refractivity contribution in [2.24, 2.45) is 0 Å². The van der Waals surface area contributed by atoms with Crippen molar-refractivity contribution in [3.05, 3.63) is 94.5 Å². The smallest absolute Gasteiger partial charge is 0.351 e. The van der Waals surface area contributed by atoms with Crippen molar-refractivity contribution < 1.29 is 28.2 Å². The summed E-state index contributed by atoms with van der Waals surface area (Å²) < 4.78 is 32.9. The van der Waals surface area contributed by atoms with Gasteiger partial charge in [-0.05, 0) is 30.3 Å². The lowest BCUT2D eigenvalue weighted by molar-refractivity contribution is -0.208. The van der Waals surface area contributed by atoms with Gasteiger partial charge in [-0.3, -0.25) is 4.57 Å². The highest BCUT2D eigenvalue weighted by Crippen LogP contribution is 2.40. The largest absolute Gasteiger partial charge is 0.456 e. The third-order valence-electron chi connectivity index (χ3n) is 5.06. The number of alkyl halides is 1. The van der Waals surface area contributed by atoms with E-state index in [0.717, 1.165) is 4.57 Å². The van der Waals surface area contributed by atoms with E-state index in [1.165, 1.54) is 36.5 Å². The van der Waals surface area contributed by atoms with Crippen molar-refractivity contribution in [1.82, 2.24) is 9.55 Å². The van der Waals surface area contributed by atoms with E-state index in [1.54, 1.807) is 36.4 Å². The lowest BCUT2D eigenvalue weighted by Crippen LogP contribution is -2.42. The molecular weight excluding hydrogens is 433 g/mol. The first-order chi connectivity index (χ1) is 15.9. The molecule has 1 saturated heterocycles. The van der Waals surface area contributed by atoms with Gasteiger partial charge in [0.25, 0.3) is 5.85 Å². The molecule has 1 aliphatic rings. The number of ether oxygens (including phenoxy) is 3. The van der Waals surface area contributed by atoms with Crippen LogP contribution in [0, 0.1) is 0 Å². The Hall–Kier alpha value is -4.05. The highest BCUT2D eigenvalue weighted by molar-refractivity contribution is 5.90. The van der Waals surface area contributed by atoms with Crippen LogP contribution in [0.2, 0.25) is 0 Å². The number of carbonyl (C=O) groups is 2. The van der Waals surface area contributed by atoms with Crippen molar-refractivity contribution in [2.75, 3.05) is 12.3 Å². The SMILES string of the molecule is Nc1ccn([C@H]2C[C@H](OC(=O)c3ccccc3)[C@@](F)(COC(=O)c3ccccc3)O2)c(=O)n1. The number of nitrogens with zero attached hydrogens (tertiary/aromatic N) is 2. The summed E-state index contributed by atoms with van der Waals surface area (Å²) in [6.07, 6.45) is -1.56. The summed E-state index contributed by atoms with van der Waals surface area (Å²) in [6.45, 7) is -0.860. The minimum Gasteiger partial charge on any atom is -0.456 e. The number of esters is 2. The van der Waals surface area contributed by atoms with Crippen LogP contribution in [0.1, 0.15) is 33.4 Å². The van der Waals surface area contributed by atoms with E-state index in [9.17, 15) is 14.4 Å². The predicted molar refractivity (Wildman–Crippen MR) is 114 cm³/mol. The van der Waals surface area contributed by atoms with E-state index in [-0.39, 0.29) is 23.4 Å². The number of rotatable bonds is 6. The molecule has 33 heavy (non-hydrogen) atoms. The molecule has 170 valence electrons. The maximum Gasteiger partial charge on any atom is 0.351 e. The number of benzene rings is 2. The molecule has 0 unspecified atom stereocenters. The van der Waals surface area contributed by atoms with E-state index in [4.69, 9.17) is 19.9 Å². The molecule has 0 aliphatic carbocycles. The van der Waals surface area contributed by atoms with Crippen molar-refractivity contribution >= 4 is 17.8 Å². The molecular formula is C23H20FN3O6. The van der Waals surface area contributed by atoms with Gasteiger partial charge in [-0.25, -0.2) is 18.8 Å². The molecule has 2 heterocycles.